The Morgan fingerprint density at radius 2 is 2.08 bits per heavy atom. The van der Waals surface area contributed by atoms with Crippen LogP contribution in [-0.2, 0) is 4.74 Å². The molecule has 1 aliphatic rings. The van der Waals surface area contributed by atoms with E-state index in [1.807, 2.05) is 0 Å². The second-order valence-corrected chi connectivity index (χ2v) is 5.42. The minimum Gasteiger partial charge on any atom is -0.378 e. The number of benzene rings is 1. The van der Waals surface area contributed by atoms with Crippen molar-refractivity contribution in [1.29, 1.82) is 0 Å². The quantitative estimate of drug-likeness (QED) is 0.475. The average Bonchev–Trinajstić information content (AvgIpc) is 2.54. The molecule has 0 unspecified atom stereocenters. The number of likely N-dealkylation sites (tertiary alicyclic amines) is 1. The standard InChI is InChI=1S/C15H20FN3O4.ClH/c16-11-2-3-14(19(21)22)13(10-11)15(20)18-7-4-12(5-8-18)23-9-1-6-17;/h2-3,10,12H,1,4-9,17H2;1H. The van der Waals surface area contributed by atoms with Gasteiger partial charge in [-0.15, -0.1) is 12.4 Å². The Kier molecular flexibility index (Phi) is 8.03. The van der Waals surface area contributed by atoms with Crippen LogP contribution in [-0.4, -0.2) is 48.1 Å². The van der Waals surface area contributed by atoms with Gasteiger partial charge in [0.1, 0.15) is 11.4 Å². The summed E-state index contributed by atoms with van der Waals surface area (Å²) in [5.41, 5.74) is 4.81. The molecule has 1 saturated heterocycles. The maximum Gasteiger partial charge on any atom is 0.282 e. The molecule has 2 rings (SSSR count). The molecule has 0 radical (unpaired) electrons. The molecule has 1 amide bonds. The average molecular weight is 362 g/mol. The van der Waals surface area contributed by atoms with Crippen LogP contribution in [0.4, 0.5) is 10.1 Å². The highest BCUT2D eigenvalue weighted by Crippen LogP contribution is 2.23. The second-order valence-electron chi connectivity index (χ2n) is 5.42. The van der Waals surface area contributed by atoms with E-state index in [0.29, 0.717) is 39.1 Å². The lowest BCUT2D eigenvalue weighted by atomic mass is 10.1. The molecule has 24 heavy (non-hydrogen) atoms. The first-order chi connectivity index (χ1) is 11.0. The van der Waals surface area contributed by atoms with Gasteiger partial charge in [-0.3, -0.25) is 14.9 Å². The number of halogens is 2. The number of nitrogens with two attached hydrogens (primary N) is 1. The van der Waals surface area contributed by atoms with E-state index in [-0.39, 0.29) is 29.8 Å². The number of nitro benzene ring substituents is 1. The normalized spacial score (nSPS) is 15.0. The number of piperidine rings is 1. The lowest BCUT2D eigenvalue weighted by Crippen LogP contribution is -2.41. The number of hydrogen-bond donors (Lipinski definition) is 1. The van der Waals surface area contributed by atoms with Gasteiger partial charge in [-0.1, -0.05) is 0 Å². The highest BCUT2D eigenvalue weighted by Gasteiger charge is 2.28. The lowest BCUT2D eigenvalue weighted by Gasteiger charge is -2.32. The van der Waals surface area contributed by atoms with Crippen LogP contribution in [0.1, 0.15) is 29.6 Å². The SMILES string of the molecule is Cl.NCCCOC1CCN(C(=O)c2cc(F)ccc2[N+](=O)[O-])CC1. The van der Waals surface area contributed by atoms with E-state index in [0.717, 1.165) is 24.6 Å². The molecule has 0 aromatic heterocycles. The Morgan fingerprint density at radius 3 is 2.67 bits per heavy atom. The Hall–Kier alpha value is -1.77. The minimum atomic E-state index is -0.671. The summed E-state index contributed by atoms with van der Waals surface area (Å²) in [6.45, 7) is 2.02. The summed E-state index contributed by atoms with van der Waals surface area (Å²) in [6.07, 6.45) is 2.15. The van der Waals surface area contributed by atoms with Gasteiger partial charge in [-0.2, -0.15) is 0 Å². The van der Waals surface area contributed by atoms with Crippen molar-refractivity contribution in [3.8, 4) is 0 Å². The molecule has 0 saturated carbocycles. The summed E-state index contributed by atoms with van der Waals surface area (Å²) in [4.78, 5) is 24.3. The molecule has 0 atom stereocenters. The summed E-state index contributed by atoms with van der Waals surface area (Å²) < 4.78 is 19.0. The van der Waals surface area contributed by atoms with E-state index in [1.54, 1.807) is 0 Å². The van der Waals surface area contributed by atoms with Gasteiger partial charge in [-0.25, -0.2) is 4.39 Å². The van der Waals surface area contributed by atoms with Crippen molar-refractivity contribution in [2.75, 3.05) is 26.2 Å². The number of amides is 1. The largest absolute Gasteiger partial charge is 0.378 e. The summed E-state index contributed by atoms with van der Waals surface area (Å²) in [5.74, 6) is -1.18. The topological polar surface area (TPSA) is 98.7 Å². The molecule has 1 aromatic carbocycles. The Morgan fingerprint density at radius 1 is 1.42 bits per heavy atom. The highest BCUT2D eigenvalue weighted by atomic mass is 35.5. The first kappa shape index (κ1) is 20.3. The fourth-order valence-electron chi connectivity index (χ4n) is 2.57. The van der Waals surface area contributed by atoms with Gasteiger partial charge in [0.05, 0.1) is 11.0 Å². The molecule has 1 aliphatic heterocycles. The van der Waals surface area contributed by atoms with E-state index >= 15 is 0 Å². The van der Waals surface area contributed by atoms with Crippen molar-refractivity contribution in [3.63, 3.8) is 0 Å². The smallest absolute Gasteiger partial charge is 0.282 e. The van der Waals surface area contributed by atoms with Crippen molar-refractivity contribution in [2.45, 2.75) is 25.4 Å². The van der Waals surface area contributed by atoms with Gasteiger partial charge in [0.2, 0.25) is 0 Å². The number of carbonyl (C=O) groups is 1. The van der Waals surface area contributed by atoms with E-state index in [1.165, 1.54) is 4.90 Å². The first-order valence-electron chi connectivity index (χ1n) is 7.58. The third-order valence-electron chi connectivity index (χ3n) is 3.82. The Labute approximate surface area is 145 Å². The fourth-order valence-corrected chi connectivity index (χ4v) is 2.57. The number of hydrogen-bond acceptors (Lipinski definition) is 5. The number of ether oxygens (including phenoxy) is 1. The summed E-state index contributed by atoms with van der Waals surface area (Å²) in [5, 5.41) is 11.0. The molecule has 134 valence electrons. The summed E-state index contributed by atoms with van der Waals surface area (Å²) in [6, 6.07) is 2.92. The third kappa shape index (κ3) is 5.12. The maximum atomic E-state index is 13.3. The molecule has 1 aromatic rings. The van der Waals surface area contributed by atoms with Gasteiger partial charge in [0.15, 0.2) is 0 Å². The van der Waals surface area contributed by atoms with Crippen LogP contribution in [0, 0.1) is 15.9 Å². The molecule has 0 bridgehead atoms. The highest BCUT2D eigenvalue weighted by molar-refractivity contribution is 5.98. The van der Waals surface area contributed by atoms with Crippen molar-refractivity contribution in [3.05, 3.63) is 39.7 Å². The monoisotopic (exact) mass is 361 g/mol. The molecule has 2 N–H and O–H groups in total. The number of rotatable bonds is 6. The van der Waals surface area contributed by atoms with Crippen molar-refractivity contribution in [2.24, 2.45) is 5.73 Å². The van der Waals surface area contributed by atoms with Crippen molar-refractivity contribution >= 4 is 24.0 Å². The predicted molar refractivity (Wildman–Crippen MR) is 88.9 cm³/mol. The molecular weight excluding hydrogens is 341 g/mol. The van der Waals surface area contributed by atoms with Gasteiger partial charge in [0.25, 0.3) is 11.6 Å². The van der Waals surface area contributed by atoms with Gasteiger partial charge >= 0.3 is 0 Å². The van der Waals surface area contributed by atoms with Crippen LogP contribution in [0.5, 0.6) is 0 Å². The van der Waals surface area contributed by atoms with E-state index in [2.05, 4.69) is 0 Å². The molecular formula is C15H21ClFN3O4. The molecule has 0 aliphatic carbocycles. The molecule has 7 nitrogen and oxygen atoms in total. The van der Waals surface area contributed by atoms with E-state index in [4.69, 9.17) is 10.5 Å². The van der Waals surface area contributed by atoms with Crippen LogP contribution in [0.3, 0.4) is 0 Å². The fraction of sp³-hybridized carbons (Fsp3) is 0.533. The third-order valence-corrected chi connectivity index (χ3v) is 3.82. The van der Waals surface area contributed by atoms with Crippen LogP contribution in [0.25, 0.3) is 0 Å². The molecule has 9 heteroatoms. The summed E-state index contributed by atoms with van der Waals surface area (Å²) in [7, 11) is 0. The number of nitrogens with zero attached hydrogens (tertiary/aromatic N) is 2. The first-order valence-corrected chi connectivity index (χ1v) is 7.58. The van der Waals surface area contributed by atoms with E-state index < -0.39 is 16.6 Å². The molecule has 1 fully saturated rings. The van der Waals surface area contributed by atoms with Gasteiger partial charge in [-0.05, 0) is 37.9 Å². The number of nitro groups is 1. The zero-order valence-electron chi connectivity index (χ0n) is 13.2. The predicted octanol–water partition coefficient (Wildman–Crippen LogP) is 2.13. The van der Waals surface area contributed by atoms with Crippen molar-refractivity contribution in [1.82, 2.24) is 4.90 Å². The van der Waals surface area contributed by atoms with Gasteiger partial charge < -0.3 is 15.4 Å². The second kappa shape index (κ2) is 9.51. The van der Waals surface area contributed by atoms with E-state index in [9.17, 15) is 19.3 Å². The zero-order valence-corrected chi connectivity index (χ0v) is 14.0. The molecule has 0 spiro atoms. The van der Waals surface area contributed by atoms with Crippen LogP contribution in [0.15, 0.2) is 18.2 Å². The van der Waals surface area contributed by atoms with Crippen LogP contribution >= 0.6 is 12.4 Å². The van der Waals surface area contributed by atoms with Gasteiger partial charge in [0, 0.05) is 25.8 Å². The lowest BCUT2D eigenvalue weighted by molar-refractivity contribution is -0.385. The Bertz CT molecular complexity index is 580. The number of carbonyl (C=O) groups excluding carboxylic acids is 1. The van der Waals surface area contributed by atoms with Crippen LogP contribution < -0.4 is 5.73 Å². The summed E-state index contributed by atoms with van der Waals surface area (Å²) >= 11 is 0. The Balaban J connectivity index is 0.00000288. The molecule has 1 heterocycles. The minimum absolute atomic E-state index is 0. The maximum absolute atomic E-state index is 13.3. The van der Waals surface area contributed by atoms with Crippen molar-refractivity contribution < 1.29 is 18.8 Å². The van der Waals surface area contributed by atoms with Crippen LogP contribution in [0.2, 0.25) is 0 Å². The zero-order chi connectivity index (χ0) is 16.8.